The molecular weight excluding hydrogens is 276 g/mol. The van der Waals surface area contributed by atoms with Crippen molar-refractivity contribution in [2.24, 2.45) is 11.8 Å². The highest BCUT2D eigenvalue weighted by Crippen LogP contribution is 2.45. The summed E-state index contributed by atoms with van der Waals surface area (Å²) in [7, 11) is 0. The van der Waals surface area contributed by atoms with Crippen molar-refractivity contribution < 1.29 is 9.21 Å². The third kappa shape index (κ3) is 2.09. The lowest BCUT2D eigenvalue weighted by atomic mass is 9.65. The molecule has 0 unspecified atom stereocenters. The molecular formula is C18H22N2O2. The molecule has 3 aliphatic heterocycles. The molecule has 0 N–H and O–H groups in total. The van der Waals surface area contributed by atoms with Gasteiger partial charge in [0.05, 0.1) is 6.26 Å². The number of furan rings is 1. The number of aromatic nitrogens is 1. The van der Waals surface area contributed by atoms with Gasteiger partial charge < -0.3 is 4.42 Å². The molecule has 2 bridgehead atoms. The molecule has 3 saturated heterocycles. The summed E-state index contributed by atoms with van der Waals surface area (Å²) in [5, 5.41) is 0.902. The van der Waals surface area contributed by atoms with E-state index >= 15 is 0 Å². The summed E-state index contributed by atoms with van der Waals surface area (Å²) in [4.78, 5) is 19.6. The summed E-state index contributed by atoms with van der Waals surface area (Å²) in [5.41, 5.74) is 1.44. The summed E-state index contributed by atoms with van der Waals surface area (Å²) in [6, 6.07) is 3.76. The number of ketones is 1. The predicted molar refractivity (Wildman–Crippen MR) is 84.8 cm³/mol. The van der Waals surface area contributed by atoms with Crippen molar-refractivity contribution in [2.75, 3.05) is 13.1 Å². The molecule has 0 amide bonds. The Morgan fingerprint density at radius 2 is 2.18 bits per heavy atom. The topological polar surface area (TPSA) is 46.3 Å². The summed E-state index contributed by atoms with van der Waals surface area (Å²) in [5.74, 6) is 1.35. The average Bonchev–Trinajstić information content (AvgIpc) is 2.98. The van der Waals surface area contributed by atoms with E-state index in [0.717, 1.165) is 5.39 Å². The number of Topliss-reactive ketones (excluding diaryl/α,β-unsaturated/α-hetero) is 1. The highest BCUT2D eigenvalue weighted by atomic mass is 16.3. The van der Waals surface area contributed by atoms with Gasteiger partial charge in [-0.3, -0.25) is 9.69 Å². The Morgan fingerprint density at radius 3 is 2.91 bits per heavy atom. The lowest BCUT2D eigenvalue weighted by Gasteiger charge is -2.56. The van der Waals surface area contributed by atoms with Crippen LogP contribution in [0.5, 0.6) is 0 Å². The fourth-order valence-corrected chi connectivity index (χ4v) is 4.43. The zero-order valence-corrected chi connectivity index (χ0v) is 13.2. The van der Waals surface area contributed by atoms with Crippen molar-refractivity contribution in [3.63, 3.8) is 0 Å². The van der Waals surface area contributed by atoms with Gasteiger partial charge in [0, 0.05) is 29.1 Å². The van der Waals surface area contributed by atoms with Crippen molar-refractivity contribution in [3.8, 4) is 0 Å². The number of rotatable bonds is 3. The Hall–Kier alpha value is -1.68. The number of fused-ring (bicyclic) bond motifs is 4. The molecule has 0 spiro atoms. The average molecular weight is 298 g/mol. The minimum Gasteiger partial charge on any atom is -0.446 e. The van der Waals surface area contributed by atoms with Crippen LogP contribution >= 0.6 is 0 Å². The molecule has 22 heavy (non-hydrogen) atoms. The second kappa shape index (κ2) is 4.92. The van der Waals surface area contributed by atoms with Crippen LogP contribution in [-0.4, -0.2) is 34.3 Å². The molecule has 0 aromatic carbocycles. The van der Waals surface area contributed by atoms with E-state index in [1.165, 1.54) is 25.9 Å². The second-order valence-electron chi connectivity index (χ2n) is 7.25. The first-order valence-corrected chi connectivity index (χ1v) is 8.17. The Labute approximate surface area is 130 Å². The van der Waals surface area contributed by atoms with Gasteiger partial charge in [0.2, 0.25) is 5.71 Å². The molecule has 4 heteroatoms. The van der Waals surface area contributed by atoms with Crippen LogP contribution in [0.25, 0.3) is 11.1 Å². The van der Waals surface area contributed by atoms with Gasteiger partial charge in [-0.05, 0) is 63.7 Å². The summed E-state index contributed by atoms with van der Waals surface area (Å²) in [6.07, 6.45) is 6.37. The maximum absolute atomic E-state index is 12.8. The van der Waals surface area contributed by atoms with Crippen LogP contribution in [0.2, 0.25) is 0 Å². The number of carbonyl (C=O) groups excluding carboxylic acids is 1. The van der Waals surface area contributed by atoms with E-state index in [2.05, 4.69) is 23.7 Å². The zero-order valence-electron chi connectivity index (χ0n) is 13.2. The van der Waals surface area contributed by atoms with Crippen molar-refractivity contribution >= 4 is 16.9 Å². The van der Waals surface area contributed by atoms with Gasteiger partial charge in [-0.15, -0.1) is 0 Å². The second-order valence-corrected chi connectivity index (χ2v) is 7.25. The van der Waals surface area contributed by atoms with Crippen LogP contribution in [0.1, 0.15) is 43.5 Å². The maximum atomic E-state index is 12.8. The first-order chi connectivity index (χ1) is 10.6. The van der Waals surface area contributed by atoms with Gasteiger partial charge in [0.15, 0.2) is 5.78 Å². The van der Waals surface area contributed by atoms with Gasteiger partial charge in [-0.2, -0.15) is 0 Å². The van der Waals surface area contributed by atoms with Crippen molar-refractivity contribution in [3.05, 3.63) is 30.2 Å². The fourth-order valence-electron chi connectivity index (χ4n) is 4.43. The Kier molecular flexibility index (Phi) is 3.12. The van der Waals surface area contributed by atoms with Gasteiger partial charge >= 0.3 is 0 Å². The molecule has 4 nitrogen and oxygen atoms in total. The first-order valence-electron chi connectivity index (χ1n) is 8.17. The summed E-state index contributed by atoms with van der Waals surface area (Å²) in [6.45, 7) is 6.97. The fraction of sp³-hybridized carbons (Fsp3) is 0.556. The third-order valence-electron chi connectivity index (χ3n) is 5.86. The van der Waals surface area contributed by atoms with E-state index in [1.54, 1.807) is 12.5 Å². The Balaban J connectivity index is 1.58. The highest BCUT2D eigenvalue weighted by molar-refractivity contribution is 5.98. The molecule has 0 radical (unpaired) electrons. The Morgan fingerprint density at radius 1 is 1.41 bits per heavy atom. The van der Waals surface area contributed by atoms with Crippen LogP contribution < -0.4 is 0 Å². The molecule has 3 fully saturated rings. The van der Waals surface area contributed by atoms with E-state index < -0.39 is 0 Å². The van der Waals surface area contributed by atoms with E-state index in [-0.39, 0.29) is 11.3 Å². The van der Waals surface area contributed by atoms with Crippen LogP contribution in [0.4, 0.5) is 0 Å². The van der Waals surface area contributed by atoms with E-state index in [4.69, 9.17) is 4.42 Å². The number of carbonyl (C=O) groups is 1. The summed E-state index contributed by atoms with van der Waals surface area (Å²) < 4.78 is 5.25. The van der Waals surface area contributed by atoms with Crippen LogP contribution in [0, 0.1) is 11.8 Å². The van der Waals surface area contributed by atoms with Crippen LogP contribution in [-0.2, 0) is 0 Å². The van der Waals surface area contributed by atoms with Crippen LogP contribution in [0.3, 0.4) is 0 Å². The molecule has 5 rings (SSSR count). The standard InChI is InChI=1S/C18H22N2O2/c1-18(2)15(12-3-6-20(18)7-4-12)10-16(21)14-9-13-5-8-22-17(13)19-11-14/h5,8-9,11-12,15H,3-4,6-7,10H2,1-2H3/t15-/m1/s1. The first kappa shape index (κ1) is 13.9. The third-order valence-corrected chi connectivity index (χ3v) is 5.86. The predicted octanol–water partition coefficient (Wildman–Crippen LogP) is 3.52. The van der Waals surface area contributed by atoms with E-state index in [9.17, 15) is 4.79 Å². The van der Waals surface area contributed by atoms with Gasteiger partial charge in [-0.25, -0.2) is 4.98 Å². The quantitative estimate of drug-likeness (QED) is 0.813. The smallest absolute Gasteiger partial charge is 0.225 e. The molecule has 0 aliphatic carbocycles. The minimum atomic E-state index is 0.129. The van der Waals surface area contributed by atoms with Crippen molar-refractivity contribution in [1.82, 2.24) is 9.88 Å². The number of piperidine rings is 3. The summed E-state index contributed by atoms with van der Waals surface area (Å²) >= 11 is 0. The molecule has 0 saturated carbocycles. The normalized spacial score (nSPS) is 29.8. The molecule has 3 aliphatic rings. The minimum absolute atomic E-state index is 0.129. The lowest BCUT2D eigenvalue weighted by Crippen LogP contribution is -2.61. The van der Waals surface area contributed by atoms with Gasteiger partial charge in [0.1, 0.15) is 0 Å². The van der Waals surface area contributed by atoms with Crippen molar-refractivity contribution in [1.29, 1.82) is 0 Å². The van der Waals surface area contributed by atoms with Gasteiger partial charge in [0.25, 0.3) is 0 Å². The molecule has 1 atom stereocenters. The SMILES string of the molecule is CC1(C)[C@H](CC(=O)c2cnc3occc3c2)C2CCN1CC2. The number of hydrogen-bond acceptors (Lipinski definition) is 4. The molecule has 5 heterocycles. The van der Waals surface area contributed by atoms with Crippen LogP contribution in [0.15, 0.2) is 29.0 Å². The number of hydrogen-bond donors (Lipinski definition) is 0. The van der Waals surface area contributed by atoms with Gasteiger partial charge in [-0.1, -0.05) is 0 Å². The Bertz CT molecular complexity index is 711. The molecule has 116 valence electrons. The zero-order chi connectivity index (χ0) is 15.3. The monoisotopic (exact) mass is 298 g/mol. The van der Waals surface area contributed by atoms with E-state index in [1.807, 2.05) is 12.1 Å². The lowest BCUT2D eigenvalue weighted by molar-refractivity contribution is -0.0643. The molecule has 2 aromatic rings. The number of nitrogens with zero attached hydrogens (tertiary/aromatic N) is 2. The number of pyridine rings is 1. The van der Waals surface area contributed by atoms with E-state index in [0.29, 0.717) is 29.5 Å². The molecule has 2 aromatic heterocycles. The maximum Gasteiger partial charge on any atom is 0.225 e. The van der Waals surface area contributed by atoms with Crippen molar-refractivity contribution in [2.45, 2.75) is 38.6 Å². The largest absolute Gasteiger partial charge is 0.446 e. The highest BCUT2D eigenvalue weighted by Gasteiger charge is 2.47.